The van der Waals surface area contributed by atoms with Gasteiger partial charge >= 0.3 is 5.97 Å². The number of nitrogens with zero attached hydrogens (tertiary/aromatic N) is 2. The summed E-state index contributed by atoms with van der Waals surface area (Å²) in [4.78, 5) is 32.1. The zero-order valence-electron chi connectivity index (χ0n) is 17.0. The lowest BCUT2D eigenvalue weighted by Crippen LogP contribution is -2.49. The van der Waals surface area contributed by atoms with Crippen LogP contribution in [0.5, 0.6) is 0 Å². The van der Waals surface area contributed by atoms with E-state index in [1.165, 1.54) is 0 Å². The molecule has 1 unspecified atom stereocenters. The standard InChI is InChI=1S/C23H26N4O3/c1-2-26-10-12-27(13-11-26)21(23(29)30)19-15-24-20-14-17(8-9-18(19)20)25-22(28)16-6-4-3-5-7-16/h3-9,14-15,21,24H,2,10-13H2,1H3,(H,25,28)(H,29,30). The van der Waals surface area contributed by atoms with E-state index in [9.17, 15) is 14.7 Å². The quantitative estimate of drug-likeness (QED) is 0.585. The van der Waals surface area contributed by atoms with E-state index in [0.717, 1.165) is 49.2 Å². The van der Waals surface area contributed by atoms with Crippen LogP contribution in [0, 0.1) is 0 Å². The molecule has 3 aromatic rings. The number of piperazine rings is 1. The van der Waals surface area contributed by atoms with Crippen molar-refractivity contribution in [3.63, 3.8) is 0 Å². The number of aliphatic carboxylic acids is 1. The summed E-state index contributed by atoms with van der Waals surface area (Å²) in [6, 6.07) is 13.9. The Hall–Kier alpha value is -3.16. The number of rotatable bonds is 6. The number of hydrogen-bond acceptors (Lipinski definition) is 4. The molecule has 1 aromatic heterocycles. The van der Waals surface area contributed by atoms with E-state index in [4.69, 9.17) is 0 Å². The highest BCUT2D eigenvalue weighted by atomic mass is 16.4. The van der Waals surface area contributed by atoms with Crippen LogP contribution in [0.3, 0.4) is 0 Å². The number of carbonyl (C=O) groups is 2. The van der Waals surface area contributed by atoms with Crippen LogP contribution in [0.1, 0.15) is 28.9 Å². The Morgan fingerprint density at radius 1 is 1.10 bits per heavy atom. The van der Waals surface area contributed by atoms with E-state index in [2.05, 4.69) is 22.1 Å². The minimum absolute atomic E-state index is 0.182. The maximum atomic E-state index is 12.4. The number of fused-ring (bicyclic) bond motifs is 1. The monoisotopic (exact) mass is 406 g/mol. The van der Waals surface area contributed by atoms with Crippen molar-refractivity contribution >= 4 is 28.5 Å². The zero-order valence-corrected chi connectivity index (χ0v) is 17.0. The number of anilines is 1. The highest BCUT2D eigenvalue weighted by Crippen LogP contribution is 2.31. The van der Waals surface area contributed by atoms with Crippen molar-refractivity contribution in [2.24, 2.45) is 0 Å². The van der Waals surface area contributed by atoms with Gasteiger partial charge in [-0.25, -0.2) is 0 Å². The molecule has 0 aliphatic carbocycles. The third-order valence-corrected chi connectivity index (χ3v) is 5.76. The van der Waals surface area contributed by atoms with E-state index in [-0.39, 0.29) is 5.91 Å². The first-order chi connectivity index (χ1) is 14.6. The molecule has 1 fully saturated rings. The first-order valence-electron chi connectivity index (χ1n) is 10.2. The van der Waals surface area contributed by atoms with Crippen LogP contribution < -0.4 is 5.32 Å². The van der Waals surface area contributed by atoms with Crippen molar-refractivity contribution in [1.82, 2.24) is 14.8 Å². The highest BCUT2D eigenvalue weighted by Gasteiger charge is 2.31. The molecule has 30 heavy (non-hydrogen) atoms. The smallest absolute Gasteiger partial charge is 0.325 e. The second kappa shape index (κ2) is 8.69. The number of likely N-dealkylation sites (N-methyl/N-ethyl adjacent to an activating group) is 1. The van der Waals surface area contributed by atoms with E-state index in [0.29, 0.717) is 11.3 Å². The predicted molar refractivity (Wildman–Crippen MR) is 117 cm³/mol. The minimum atomic E-state index is -0.845. The van der Waals surface area contributed by atoms with Gasteiger partial charge in [0, 0.05) is 60.1 Å². The Balaban J connectivity index is 1.56. The fourth-order valence-corrected chi connectivity index (χ4v) is 4.07. The average Bonchev–Trinajstić information content (AvgIpc) is 3.17. The van der Waals surface area contributed by atoms with Gasteiger partial charge in [-0.1, -0.05) is 31.2 Å². The van der Waals surface area contributed by atoms with Gasteiger partial charge in [-0.2, -0.15) is 0 Å². The van der Waals surface area contributed by atoms with Gasteiger partial charge < -0.3 is 20.3 Å². The molecular formula is C23H26N4O3. The number of aromatic nitrogens is 1. The maximum Gasteiger partial charge on any atom is 0.325 e. The van der Waals surface area contributed by atoms with Crippen LogP contribution >= 0.6 is 0 Å². The molecule has 1 aliphatic rings. The highest BCUT2D eigenvalue weighted by molar-refractivity contribution is 6.05. The molecule has 1 saturated heterocycles. The van der Waals surface area contributed by atoms with Crippen molar-refractivity contribution in [2.45, 2.75) is 13.0 Å². The molecule has 0 saturated carbocycles. The van der Waals surface area contributed by atoms with E-state index >= 15 is 0 Å². The average molecular weight is 406 g/mol. The number of aromatic amines is 1. The molecule has 2 aromatic carbocycles. The molecule has 3 N–H and O–H groups in total. The lowest BCUT2D eigenvalue weighted by molar-refractivity contribution is -0.144. The summed E-state index contributed by atoms with van der Waals surface area (Å²) in [5.74, 6) is -1.03. The molecule has 0 bridgehead atoms. The third kappa shape index (κ3) is 4.08. The molecule has 4 rings (SSSR count). The third-order valence-electron chi connectivity index (χ3n) is 5.76. The Morgan fingerprint density at radius 3 is 2.50 bits per heavy atom. The van der Waals surface area contributed by atoms with Crippen LogP contribution in [-0.4, -0.2) is 64.5 Å². The number of H-pyrrole nitrogens is 1. The summed E-state index contributed by atoms with van der Waals surface area (Å²) in [5, 5.41) is 13.7. The lowest BCUT2D eigenvalue weighted by Gasteiger charge is -2.37. The number of carboxylic acids is 1. The predicted octanol–water partition coefficient (Wildman–Crippen LogP) is 3.18. The number of carboxylic acid groups (broad SMARTS) is 1. The summed E-state index contributed by atoms with van der Waals surface area (Å²) in [5.41, 5.74) is 2.80. The first-order valence-corrected chi connectivity index (χ1v) is 10.2. The summed E-state index contributed by atoms with van der Waals surface area (Å²) < 4.78 is 0. The first kappa shape index (κ1) is 20.1. The Bertz CT molecular complexity index is 1040. The molecule has 7 heteroatoms. The van der Waals surface area contributed by atoms with Gasteiger partial charge in [0.05, 0.1) is 0 Å². The Morgan fingerprint density at radius 2 is 1.83 bits per heavy atom. The molecule has 0 radical (unpaired) electrons. The van der Waals surface area contributed by atoms with E-state index in [1.54, 1.807) is 18.3 Å². The molecule has 1 amide bonds. The van der Waals surface area contributed by atoms with Crippen LogP contribution in [0.4, 0.5) is 5.69 Å². The molecular weight excluding hydrogens is 380 g/mol. The second-order valence-corrected chi connectivity index (χ2v) is 7.54. The van der Waals surface area contributed by atoms with Crippen LogP contribution in [0.2, 0.25) is 0 Å². The lowest BCUT2D eigenvalue weighted by atomic mass is 10.0. The number of hydrogen-bond donors (Lipinski definition) is 3. The van der Waals surface area contributed by atoms with Crippen molar-refractivity contribution in [3.8, 4) is 0 Å². The largest absolute Gasteiger partial charge is 0.480 e. The van der Waals surface area contributed by atoms with Gasteiger partial charge in [0.15, 0.2) is 0 Å². The summed E-state index contributed by atoms with van der Waals surface area (Å²) in [6.45, 7) is 6.30. The maximum absolute atomic E-state index is 12.4. The van der Waals surface area contributed by atoms with Gasteiger partial charge in [-0.05, 0) is 30.8 Å². The molecule has 7 nitrogen and oxygen atoms in total. The van der Waals surface area contributed by atoms with Crippen molar-refractivity contribution in [3.05, 3.63) is 65.9 Å². The fraction of sp³-hybridized carbons (Fsp3) is 0.304. The molecule has 1 aliphatic heterocycles. The van der Waals surface area contributed by atoms with Crippen LogP contribution in [-0.2, 0) is 4.79 Å². The number of amides is 1. The SMILES string of the molecule is CCN1CCN(C(C(=O)O)c2c[nH]c3cc(NC(=O)c4ccccc4)ccc23)CC1. The number of benzene rings is 2. The van der Waals surface area contributed by atoms with Gasteiger partial charge in [0.1, 0.15) is 6.04 Å². The van der Waals surface area contributed by atoms with Crippen LogP contribution in [0.25, 0.3) is 10.9 Å². The second-order valence-electron chi connectivity index (χ2n) is 7.54. The summed E-state index contributed by atoms with van der Waals surface area (Å²) >= 11 is 0. The van der Waals surface area contributed by atoms with Crippen molar-refractivity contribution < 1.29 is 14.7 Å². The molecule has 2 heterocycles. The van der Waals surface area contributed by atoms with Gasteiger partial charge in [-0.15, -0.1) is 0 Å². The number of nitrogens with one attached hydrogen (secondary N) is 2. The Labute approximate surface area is 175 Å². The topological polar surface area (TPSA) is 88.7 Å². The molecule has 156 valence electrons. The van der Waals surface area contributed by atoms with Crippen molar-refractivity contribution in [2.75, 3.05) is 38.0 Å². The van der Waals surface area contributed by atoms with Gasteiger partial charge in [-0.3, -0.25) is 14.5 Å². The summed E-state index contributed by atoms with van der Waals surface area (Å²) in [6.07, 6.45) is 1.78. The van der Waals surface area contributed by atoms with Gasteiger partial charge in [0.25, 0.3) is 5.91 Å². The number of carbonyl (C=O) groups excluding carboxylic acids is 1. The molecule has 1 atom stereocenters. The van der Waals surface area contributed by atoms with Gasteiger partial charge in [0.2, 0.25) is 0 Å². The summed E-state index contributed by atoms with van der Waals surface area (Å²) in [7, 11) is 0. The Kier molecular flexibility index (Phi) is 5.83. The van der Waals surface area contributed by atoms with Crippen molar-refractivity contribution in [1.29, 1.82) is 0 Å². The zero-order chi connectivity index (χ0) is 21.1. The van der Waals surface area contributed by atoms with Crippen LogP contribution in [0.15, 0.2) is 54.7 Å². The fourth-order valence-electron chi connectivity index (χ4n) is 4.07. The molecule has 0 spiro atoms. The minimum Gasteiger partial charge on any atom is -0.480 e. The van der Waals surface area contributed by atoms with E-state index < -0.39 is 12.0 Å². The normalized spacial score (nSPS) is 16.4. The van der Waals surface area contributed by atoms with E-state index in [1.807, 2.05) is 41.3 Å².